The molecule has 162 valence electrons. The molecule has 0 atom stereocenters. The molecule has 1 aliphatic heterocycles. The van der Waals surface area contributed by atoms with Gasteiger partial charge in [0.25, 0.3) is 5.91 Å². The predicted molar refractivity (Wildman–Crippen MR) is 116 cm³/mol. The zero-order valence-corrected chi connectivity index (χ0v) is 17.5. The van der Waals surface area contributed by atoms with Gasteiger partial charge in [0.15, 0.2) is 0 Å². The molecule has 8 heteroatoms. The van der Waals surface area contributed by atoms with E-state index in [1.54, 1.807) is 25.3 Å². The number of nitrogens with one attached hydrogen (secondary N) is 1. The number of nitrogens with zero attached hydrogens (tertiary/aromatic N) is 3. The first kappa shape index (κ1) is 20.9. The molecule has 1 N–H and O–H groups in total. The molecule has 8 nitrogen and oxygen atoms in total. The first-order valence-corrected chi connectivity index (χ1v) is 10.4. The Labute approximate surface area is 180 Å². The lowest BCUT2D eigenvalue weighted by Gasteiger charge is -2.27. The van der Waals surface area contributed by atoms with Crippen LogP contribution in [0.4, 0.5) is 0 Å². The summed E-state index contributed by atoms with van der Waals surface area (Å²) in [5, 5.41) is 2.93. The molecular formula is C23H26N4O4. The third-order valence-corrected chi connectivity index (χ3v) is 5.38. The Morgan fingerprint density at radius 2 is 1.84 bits per heavy atom. The van der Waals surface area contributed by atoms with Crippen molar-refractivity contribution in [3.05, 3.63) is 59.9 Å². The molecule has 2 heterocycles. The minimum absolute atomic E-state index is 0.0470. The molecule has 0 spiro atoms. The highest BCUT2D eigenvalue weighted by Crippen LogP contribution is 2.18. The second kappa shape index (κ2) is 9.61. The number of rotatable bonds is 7. The minimum atomic E-state index is -0.204. The van der Waals surface area contributed by atoms with Crippen LogP contribution < -0.4 is 10.1 Å². The number of para-hydroxylation sites is 3. The highest BCUT2D eigenvalue weighted by molar-refractivity contribution is 5.96. The van der Waals surface area contributed by atoms with E-state index in [0.29, 0.717) is 50.6 Å². The van der Waals surface area contributed by atoms with Gasteiger partial charge in [0.2, 0.25) is 5.91 Å². The second-order valence-electron chi connectivity index (χ2n) is 7.30. The molecule has 31 heavy (non-hydrogen) atoms. The molecule has 3 aromatic rings. The van der Waals surface area contributed by atoms with Gasteiger partial charge < -0.3 is 24.3 Å². The zero-order valence-electron chi connectivity index (χ0n) is 17.5. The fourth-order valence-corrected chi connectivity index (χ4v) is 3.76. The molecule has 0 unspecified atom stereocenters. The summed E-state index contributed by atoms with van der Waals surface area (Å²) in [6, 6.07) is 14.9. The van der Waals surface area contributed by atoms with Gasteiger partial charge in [-0.25, -0.2) is 4.98 Å². The number of hydrogen-bond acceptors (Lipinski definition) is 5. The van der Waals surface area contributed by atoms with E-state index in [4.69, 9.17) is 14.5 Å². The van der Waals surface area contributed by atoms with Gasteiger partial charge in [-0.2, -0.15) is 0 Å². The van der Waals surface area contributed by atoms with Gasteiger partial charge in [0.05, 0.1) is 36.9 Å². The summed E-state index contributed by atoms with van der Waals surface area (Å²) < 4.78 is 12.6. The Morgan fingerprint density at radius 3 is 2.65 bits per heavy atom. The molecule has 0 saturated carbocycles. The largest absolute Gasteiger partial charge is 0.496 e. The monoisotopic (exact) mass is 422 g/mol. The highest BCUT2D eigenvalue weighted by atomic mass is 16.5. The van der Waals surface area contributed by atoms with Crippen molar-refractivity contribution >= 4 is 22.8 Å². The molecule has 0 radical (unpaired) electrons. The first-order chi connectivity index (χ1) is 15.2. The number of aromatic nitrogens is 2. The number of carbonyl (C=O) groups excluding carboxylic acids is 2. The molecule has 2 amide bonds. The second-order valence-corrected chi connectivity index (χ2v) is 7.30. The van der Waals surface area contributed by atoms with E-state index in [9.17, 15) is 9.59 Å². The number of benzene rings is 2. The Morgan fingerprint density at radius 1 is 1.10 bits per heavy atom. The molecule has 1 aliphatic rings. The van der Waals surface area contributed by atoms with Gasteiger partial charge in [0, 0.05) is 26.1 Å². The van der Waals surface area contributed by atoms with Crippen LogP contribution in [0.2, 0.25) is 0 Å². The molecule has 0 bridgehead atoms. The van der Waals surface area contributed by atoms with E-state index >= 15 is 0 Å². The average Bonchev–Trinajstić information content (AvgIpc) is 3.16. The van der Waals surface area contributed by atoms with Crippen LogP contribution in [-0.2, 0) is 22.5 Å². The summed E-state index contributed by atoms with van der Waals surface area (Å²) in [4.78, 5) is 31.9. The SMILES string of the molecule is COc1ccccc1C(=O)NCCc1nc2ccccc2n1CC(=O)N1CCOCC1. The molecule has 1 aromatic heterocycles. The number of imidazole rings is 1. The summed E-state index contributed by atoms with van der Waals surface area (Å²) in [7, 11) is 1.54. The van der Waals surface area contributed by atoms with Gasteiger partial charge >= 0.3 is 0 Å². The lowest BCUT2D eigenvalue weighted by molar-refractivity contribution is -0.135. The number of hydrogen-bond donors (Lipinski definition) is 1. The fraction of sp³-hybridized carbons (Fsp3) is 0.348. The van der Waals surface area contributed by atoms with Crippen LogP contribution in [0.15, 0.2) is 48.5 Å². The van der Waals surface area contributed by atoms with Crippen LogP contribution >= 0.6 is 0 Å². The van der Waals surface area contributed by atoms with Crippen molar-refractivity contribution in [2.45, 2.75) is 13.0 Å². The summed E-state index contributed by atoms with van der Waals surface area (Å²) in [5.41, 5.74) is 2.24. The average molecular weight is 422 g/mol. The van der Waals surface area contributed by atoms with Crippen molar-refractivity contribution < 1.29 is 19.1 Å². The van der Waals surface area contributed by atoms with E-state index in [0.717, 1.165) is 16.9 Å². The standard InChI is InChI=1S/C23H26N4O4/c1-30-20-9-5-2-6-17(20)23(29)24-11-10-21-25-18-7-3-4-8-19(18)27(21)16-22(28)26-12-14-31-15-13-26/h2-9H,10-16H2,1H3,(H,24,29). The van der Waals surface area contributed by atoms with Crippen LogP contribution in [-0.4, -0.2) is 66.2 Å². The van der Waals surface area contributed by atoms with Crippen LogP contribution in [0.5, 0.6) is 5.75 Å². The highest BCUT2D eigenvalue weighted by Gasteiger charge is 2.20. The van der Waals surface area contributed by atoms with E-state index in [-0.39, 0.29) is 18.4 Å². The molecule has 4 rings (SSSR count). The van der Waals surface area contributed by atoms with Gasteiger partial charge in [-0.1, -0.05) is 24.3 Å². The normalized spacial score (nSPS) is 13.9. The molecule has 0 aliphatic carbocycles. The maximum absolute atomic E-state index is 12.8. The van der Waals surface area contributed by atoms with Gasteiger partial charge in [-0.05, 0) is 24.3 Å². The number of morpholine rings is 1. The number of methoxy groups -OCH3 is 1. The molecule has 1 fully saturated rings. The molecule has 2 aromatic carbocycles. The third kappa shape index (κ3) is 4.69. The van der Waals surface area contributed by atoms with Gasteiger partial charge in [0.1, 0.15) is 18.1 Å². The van der Waals surface area contributed by atoms with Crippen LogP contribution in [0.3, 0.4) is 0 Å². The third-order valence-electron chi connectivity index (χ3n) is 5.38. The topological polar surface area (TPSA) is 85.7 Å². The van der Waals surface area contributed by atoms with Crippen LogP contribution in [0, 0.1) is 0 Å². The summed E-state index contributed by atoms with van der Waals surface area (Å²) in [6.07, 6.45) is 0.506. The maximum atomic E-state index is 12.8. The Balaban J connectivity index is 1.47. The van der Waals surface area contributed by atoms with Crippen LogP contribution in [0.25, 0.3) is 11.0 Å². The van der Waals surface area contributed by atoms with E-state index < -0.39 is 0 Å². The van der Waals surface area contributed by atoms with Crippen molar-refractivity contribution in [2.24, 2.45) is 0 Å². The Kier molecular flexibility index (Phi) is 6.47. The summed E-state index contributed by atoms with van der Waals surface area (Å²) in [5.74, 6) is 1.14. The number of amides is 2. The lowest BCUT2D eigenvalue weighted by Crippen LogP contribution is -2.42. The number of ether oxygens (including phenoxy) is 2. The van der Waals surface area contributed by atoms with Gasteiger partial charge in [-0.15, -0.1) is 0 Å². The summed E-state index contributed by atoms with van der Waals surface area (Å²) >= 11 is 0. The predicted octanol–water partition coefficient (Wildman–Crippen LogP) is 1.88. The van der Waals surface area contributed by atoms with Crippen molar-refractivity contribution in [1.82, 2.24) is 19.8 Å². The summed E-state index contributed by atoms with van der Waals surface area (Å²) in [6.45, 7) is 2.96. The molecular weight excluding hydrogens is 396 g/mol. The van der Waals surface area contributed by atoms with Crippen LogP contribution in [0.1, 0.15) is 16.2 Å². The van der Waals surface area contributed by atoms with Gasteiger partial charge in [-0.3, -0.25) is 9.59 Å². The fourth-order valence-electron chi connectivity index (χ4n) is 3.76. The first-order valence-electron chi connectivity index (χ1n) is 10.4. The van der Waals surface area contributed by atoms with Crippen molar-refractivity contribution in [3.8, 4) is 5.75 Å². The zero-order chi connectivity index (χ0) is 21.6. The Bertz CT molecular complexity index is 1070. The minimum Gasteiger partial charge on any atom is -0.496 e. The molecule has 1 saturated heterocycles. The Hall–Kier alpha value is -3.39. The van der Waals surface area contributed by atoms with Crippen molar-refractivity contribution in [3.63, 3.8) is 0 Å². The van der Waals surface area contributed by atoms with E-state index in [2.05, 4.69) is 5.32 Å². The lowest BCUT2D eigenvalue weighted by atomic mass is 10.2. The number of carbonyl (C=O) groups is 2. The van der Waals surface area contributed by atoms with E-state index in [1.807, 2.05) is 39.8 Å². The smallest absolute Gasteiger partial charge is 0.255 e. The maximum Gasteiger partial charge on any atom is 0.255 e. The quantitative estimate of drug-likeness (QED) is 0.628. The van der Waals surface area contributed by atoms with Crippen molar-refractivity contribution in [1.29, 1.82) is 0 Å². The van der Waals surface area contributed by atoms with Crippen molar-refractivity contribution in [2.75, 3.05) is 40.0 Å². The van der Waals surface area contributed by atoms with E-state index in [1.165, 1.54) is 0 Å². The number of fused-ring (bicyclic) bond motifs is 1.